The van der Waals surface area contributed by atoms with Gasteiger partial charge in [0.05, 0.1) is 6.54 Å². The molecule has 0 atom stereocenters. The SMILES string of the molecule is CCCN1CCN(CC=O)C(=O)C1=O. The van der Waals surface area contributed by atoms with Crippen LogP contribution >= 0.6 is 0 Å². The molecule has 1 fully saturated rings. The summed E-state index contributed by atoms with van der Waals surface area (Å²) in [6.45, 7) is 3.58. The molecule has 0 N–H and O–H groups in total. The second-order valence-corrected chi connectivity index (χ2v) is 3.21. The Balaban J connectivity index is 2.59. The monoisotopic (exact) mass is 198 g/mol. The highest BCUT2D eigenvalue weighted by molar-refractivity contribution is 6.35. The molecule has 0 aromatic heterocycles. The van der Waals surface area contributed by atoms with E-state index in [1.165, 1.54) is 9.80 Å². The van der Waals surface area contributed by atoms with Crippen LogP contribution in [0.2, 0.25) is 0 Å². The van der Waals surface area contributed by atoms with Gasteiger partial charge in [0.2, 0.25) is 0 Å². The van der Waals surface area contributed by atoms with Gasteiger partial charge >= 0.3 is 11.8 Å². The van der Waals surface area contributed by atoms with Gasteiger partial charge in [-0.15, -0.1) is 0 Å². The number of nitrogens with zero attached hydrogens (tertiary/aromatic N) is 2. The highest BCUT2D eigenvalue weighted by Crippen LogP contribution is 2.04. The molecule has 14 heavy (non-hydrogen) atoms. The van der Waals surface area contributed by atoms with Crippen LogP contribution in [0.3, 0.4) is 0 Å². The molecule has 1 rings (SSSR count). The molecular weight excluding hydrogens is 184 g/mol. The highest BCUT2D eigenvalue weighted by Gasteiger charge is 2.31. The van der Waals surface area contributed by atoms with Crippen molar-refractivity contribution in [2.45, 2.75) is 13.3 Å². The highest BCUT2D eigenvalue weighted by atomic mass is 16.2. The fraction of sp³-hybridized carbons (Fsp3) is 0.667. The van der Waals surface area contributed by atoms with E-state index in [1.807, 2.05) is 6.92 Å². The number of carbonyl (C=O) groups is 3. The number of amides is 2. The molecule has 5 nitrogen and oxygen atoms in total. The minimum Gasteiger partial charge on any atom is -0.333 e. The Labute approximate surface area is 82.7 Å². The summed E-state index contributed by atoms with van der Waals surface area (Å²) in [4.78, 5) is 35.8. The van der Waals surface area contributed by atoms with Gasteiger partial charge in [0.15, 0.2) is 0 Å². The summed E-state index contributed by atoms with van der Waals surface area (Å²) in [5, 5.41) is 0. The summed E-state index contributed by atoms with van der Waals surface area (Å²) < 4.78 is 0. The van der Waals surface area contributed by atoms with Crippen LogP contribution in [0.25, 0.3) is 0 Å². The lowest BCUT2D eigenvalue weighted by atomic mass is 10.2. The maximum absolute atomic E-state index is 11.4. The van der Waals surface area contributed by atoms with Gasteiger partial charge < -0.3 is 14.6 Å². The minimum absolute atomic E-state index is 0.0184. The van der Waals surface area contributed by atoms with E-state index in [0.717, 1.165) is 6.42 Å². The third-order valence-corrected chi connectivity index (χ3v) is 2.19. The first-order valence-electron chi connectivity index (χ1n) is 4.72. The molecule has 78 valence electrons. The van der Waals surface area contributed by atoms with Gasteiger partial charge in [0.25, 0.3) is 0 Å². The van der Waals surface area contributed by atoms with E-state index in [4.69, 9.17) is 0 Å². The molecule has 0 saturated carbocycles. The standard InChI is InChI=1S/C9H14N2O3/c1-2-3-10-4-5-11(6-7-12)9(14)8(10)13/h7H,2-6H2,1H3. The number of hydrogen-bond donors (Lipinski definition) is 0. The number of hydrogen-bond acceptors (Lipinski definition) is 3. The van der Waals surface area contributed by atoms with E-state index >= 15 is 0 Å². The van der Waals surface area contributed by atoms with E-state index < -0.39 is 11.8 Å². The van der Waals surface area contributed by atoms with Crippen molar-refractivity contribution in [1.29, 1.82) is 0 Å². The summed E-state index contributed by atoms with van der Waals surface area (Å²) in [6.07, 6.45) is 1.48. The van der Waals surface area contributed by atoms with Crippen LogP contribution in [0, 0.1) is 0 Å². The Kier molecular flexibility index (Phi) is 3.62. The first-order valence-corrected chi connectivity index (χ1v) is 4.72. The molecule has 0 spiro atoms. The Morgan fingerprint density at radius 1 is 1.21 bits per heavy atom. The van der Waals surface area contributed by atoms with Gasteiger partial charge in [-0.1, -0.05) is 6.92 Å². The fourth-order valence-electron chi connectivity index (χ4n) is 1.46. The number of rotatable bonds is 4. The van der Waals surface area contributed by atoms with Gasteiger partial charge in [0.1, 0.15) is 6.29 Å². The van der Waals surface area contributed by atoms with Crippen molar-refractivity contribution in [1.82, 2.24) is 9.80 Å². The van der Waals surface area contributed by atoms with Crippen LogP contribution < -0.4 is 0 Å². The van der Waals surface area contributed by atoms with Crippen molar-refractivity contribution in [3.8, 4) is 0 Å². The van der Waals surface area contributed by atoms with Crippen LogP contribution in [0.1, 0.15) is 13.3 Å². The lowest BCUT2D eigenvalue weighted by Crippen LogP contribution is -2.54. The van der Waals surface area contributed by atoms with Gasteiger partial charge in [-0.3, -0.25) is 9.59 Å². The summed E-state index contributed by atoms with van der Waals surface area (Å²) >= 11 is 0. The zero-order valence-corrected chi connectivity index (χ0v) is 8.23. The molecule has 1 aliphatic rings. The zero-order valence-electron chi connectivity index (χ0n) is 8.23. The molecule has 1 aliphatic heterocycles. The molecule has 0 bridgehead atoms. The lowest BCUT2D eigenvalue weighted by molar-refractivity contribution is -0.156. The molecule has 2 amide bonds. The molecule has 0 aromatic carbocycles. The molecule has 0 radical (unpaired) electrons. The normalized spacial score (nSPS) is 17.5. The van der Waals surface area contributed by atoms with Crippen molar-refractivity contribution >= 4 is 18.1 Å². The Hall–Kier alpha value is -1.39. The van der Waals surface area contributed by atoms with E-state index in [1.54, 1.807) is 0 Å². The fourth-order valence-corrected chi connectivity index (χ4v) is 1.46. The van der Waals surface area contributed by atoms with Crippen LogP contribution in [0.15, 0.2) is 0 Å². The lowest BCUT2D eigenvalue weighted by Gasteiger charge is -2.32. The number of carbonyl (C=O) groups excluding carboxylic acids is 3. The van der Waals surface area contributed by atoms with E-state index in [9.17, 15) is 14.4 Å². The largest absolute Gasteiger partial charge is 0.333 e. The quantitative estimate of drug-likeness (QED) is 0.442. The minimum atomic E-state index is -0.559. The summed E-state index contributed by atoms with van der Waals surface area (Å²) in [5.41, 5.74) is 0. The van der Waals surface area contributed by atoms with E-state index in [-0.39, 0.29) is 6.54 Å². The maximum Gasteiger partial charge on any atom is 0.312 e. The number of aldehydes is 1. The van der Waals surface area contributed by atoms with Crippen LogP contribution in [-0.4, -0.2) is 54.1 Å². The molecule has 0 unspecified atom stereocenters. The van der Waals surface area contributed by atoms with Crippen molar-refractivity contribution < 1.29 is 14.4 Å². The Morgan fingerprint density at radius 2 is 1.79 bits per heavy atom. The topological polar surface area (TPSA) is 57.7 Å². The summed E-state index contributed by atoms with van der Waals surface area (Å²) in [5.74, 6) is -1.04. The predicted molar refractivity (Wildman–Crippen MR) is 49.5 cm³/mol. The average molecular weight is 198 g/mol. The third-order valence-electron chi connectivity index (χ3n) is 2.19. The molecule has 1 saturated heterocycles. The third kappa shape index (κ3) is 2.10. The average Bonchev–Trinajstić information content (AvgIpc) is 2.18. The van der Waals surface area contributed by atoms with Crippen LogP contribution in [0.5, 0.6) is 0 Å². The van der Waals surface area contributed by atoms with E-state index in [2.05, 4.69) is 0 Å². The van der Waals surface area contributed by atoms with Gasteiger partial charge in [0, 0.05) is 19.6 Å². The molecule has 0 aliphatic carbocycles. The first-order chi connectivity index (χ1) is 6.70. The van der Waals surface area contributed by atoms with Gasteiger partial charge in [-0.05, 0) is 6.42 Å². The predicted octanol–water partition coefficient (Wildman–Crippen LogP) is -0.734. The first kappa shape index (κ1) is 10.7. The summed E-state index contributed by atoms with van der Waals surface area (Å²) in [7, 11) is 0. The second-order valence-electron chi connectivity index (χ2n) is 3.21. The van der Waals surface area contributed by atoms with Gasteiger partial charge in [-0.2, -0.15) is 0 Å². The van der Waals surface area contributed by atoms with Crippen molar-refractivity contribution in [3.63, 3.8) is 0 Å². The summed E-state index contributed by atoms with van der Waals surface area (Å²) in [6, 6.07) is 0. The van der Waals surface area contributed by atoms with E-state index in [0.29, 0.717) is 25.9 Å². The van der Waals surface area contributed by atoms with Gasteiger partial charge in [-0.25, -0.2) is 0 Å². The molecule has 1 heterocycles. The Morgan fingerprint density at radius 3 is 2.36 bits per heavy atom. The molecular formula is C9H14N2O3. The van der Waals surface area contributed by atoms with Crippen molar-refractivity contribution in [2.75, 3.05) is 26.2 Å². The van der Waals surface area contributed by atoms with Crippen LogP contribution in [-0.2, 0) is 14.4 Å². The maximum atomic E-state index is 11.4. The number of piperazine rings is 1. The zero-order chi connectivity index (χ0) is 10.6. The Bertz CT molecular complexity index is 252. The van der Waals surface area contributed by atoms with Crippen molar-refractivity contribution in [2.24, 2.45) is 0 Å². The second kappa shape index (κ2) is 4.74. The molecule has 0 aromatic rings. The van der Waals surface area contributed by atoms with Crippen LogP contribution in [0.4, 0.5) is 0 Å². The smallest absolute Gasteiger partial charge is 0.312 e. The van der Waals surface area contributed by atoms with Crippen molar-refractivity contribution in [3.05, 3.63) is 0 Å². The molecule has 5 heteroatoms.